The quantitative estimate of drug-likeness (QED) is 0.0772. The van der Waals surface area contributed by atoms with Crippen LogP contribution < -0.4 is 36.6 Å². The Morgan fingerprint density at radius 2 is 1.48 bits per heavy atom. The molecule has 14 nitrogen and oxygen atoms in total. The number of hydrogen-bond acceptors (Lipinski definition) is 10. The number of benzene rings is 4. The van der Waals surface area contributed by atoms with E-state index in [-0.39, 0.29) is 52.5 Å². The summed E-state index contributed by atoms with van der Waals surface area (Å²) >= 11 is 0. The number of ether oxygens (including phenoxy) is 2. The van der Waals surface area contributed by atoms with Gasteiger partial charge in [-0.1, -0.05) is 30.9 Å². The molecule has 14 heteroatoms. The van der Waals surface area contributed by atoms with Crippen molar-refractivity contribution in [3.05, 3.63) is 126 Å². The molecule has 0 aromatic heterocycles. The topological polar surface area (TPSA) is 211 Å². The molecule has 0 heterocycles. The van der Waals surface area contributed by atoms with Gasteiger partial charge in [-0.2, -0.15) is 10.7 Å². The maximum absolute atomic E-state index is 13.2. The minimum atomic E-state index is -1.15. The van der Waals surface area contributed by atoms with Crippen LogP contribution in [0.2, 0.25) is 0 Å². The summed E-state index contributed by atoms with van der Waals surface area (Å²) in [4.78, 5) is 68.9. The number of hydrogen-bond donors (Lipinski definition) is 5. The molecule has 0 spiro atoms. The van der Waals surface area contributed by atoms with E-state index in [0.29, 0.717) is 11.4 Å². The zero-order valence-electron chi connectivity index (χ0n) is 26.7. The molecule has 0 radical (unpaired) electrons. The van der Waals surface area contributed by atoms with E-state index in [1.54, 1.807) is 30.3 Å². The van der Waals surface area contributed by atoms with Gasteiger partial charge >= 0.3 is 5.97 Å². The Balaban J connectivity index is 1.44. The van der Waals surface area contributed by atoms with Crippen LogP contribution in [0, 0.1) is 11.3 Å². The van der Waals surface area contributed by atoms with Crippen molar-refractivity contribution in [2.75, 3.05) is 30.1 Å². The Bertz CT molecular complexity index is 1920. The van der Waals surface area contributed by atoms with Crippen molar-refractivity contribution in [1.29, 1.82) is 5.26 Å². The molecule has 4 rings (SSSR count). The van der Waals surface area contributed by atoms with E-state index < -0.39 is 35.6 Å². The minimum Gasteiger partial charge on any atom is -0.491 e. The highest BCUT2D eigenvalue weighted by Gasteiger charge is 2.24. The number of rotatable bonds is 13. The van der Waals surface area contributed by atoms with Gasteiger partial charge < -0.3 is 36.0 Å². The molecular formula is C36H32N6O8. The van der Waals surface area contributed by atoms with Gasteiger partial charge in [-0.25, -0.2) is 4.79 Å². The van der Waals surface area contributed by atoms with Crippen molar-refractivity contribution in [2.45, 2.75) is 12.5 Å². The number of carbonyl (C=O) groups is 5. The van der Waals surface area contributed by atoms with Gasteiger partial charge in [-0.15, -0.1) is 0 Å². The predicted octanol–water partition coefficient (Wildman–Crippen LogP) is 4.25. The van der Waals surface area contributed by atoms with Crippen LogP contribution in [0.25, 0.3) is 0 Å². The molecule has 4 amide bonds. The molecule has 0 aliphatic carbocycles. The van der Waals surface area contributed by atoms with Crippen LogP contribution in [0.15, 0.2) is 104 Å². The second-order valence-corrected chi connectivity index (χ2v) is 10.3. The normalized spacial score (nSPS) is 10.7. The number of anilines is 3. The van der Waals surface area contributed by atoms with Gasteiger partial charge in [0.15, 0.2) is 11.5 Å². The van der Waals surface area contributed by atoms with E-state index in [4.69, 9.17) is 20.0 Å². The highest BCUT2D eigenvalue weighted by Crippen LogP contribution is 2.39. The Hall–Kier alpha value is -7.14. The van der Waals surface area contributed by atoms with Crippen molar-refractivity contribution >= 4 is 46.7 Å². The zero-order chi connectivity index (χ0) is 36.0. The van der Waals surface area contributed by atoms with E-state index in [9.17, 15) is 29.2 Å². The highest BCUT2D eigenvalue weighted by atomic mass is 16.7. The van der Waals surface area contributed by atoms with Crippen LogP contribution in [0.5, 0.6) is 11.5 Å². The van der Waals surface area contributed by atoms with Gasteiger partial charge in [0.2, 0.25) is 5.91 Å². The first-order valence-corrected chi connectivity index (χ1v) is 14.9. The molecule has 6 N–H and O–H groups in total. The molecule has 0 bridgehead atoms. The molecule has 0 saturated heterocycles. The van der Waals surface area contributed by atoms with Gasteiger partial charge in [-0.3, -0.25) is 19.2 Å². The Morgan fingerprint density at radius 1 is 0.820 bits per heavy atom. The number of nitrogens with one attached hydrogen (secondary N) is 4. The van der Waals surface area contributed by atoms with Crippen LogP contribution in [0.3, 0.4) is 0 Å². The number of nitriles is 1. The second-order valence-electron chi connectivity index (χ2n) is 10.3. The van der Waals surface area contributed by atoms with E-state index in [1.165, 1.54) is 73.8 Å². The number of methoxy groups -OCH3 is 1. The molecule has 0 aliphatic rings. The first-order chi connectivity index (χ1) is 24.1. The van der Waals surface area contributed by atoms with Crippen LogP contribution in [0.1, 0.15) is 47.9 Å². The average Bonchev–Trinajstić information content (AvgIpc) is 3.13. The van der Waals surface area contributed by atoms with E-state index in [1.807, 2.05) is 6.07 Å². The average molecular weight is 677 g/mol. The van der Waals surface area contributed by atoms with E-state index >= 15 is 0 Å². The van der Waals surface area contributed by atoms with Crippen molar-refractivity contribution in [3.8, 4) is 17.6 Å². The molecule has 0 saturated carbocycles. The lowest BCUT2D eigenvalue weighted by Gasteiger charge is -2.18. The number of nitrogen functional groups attached to an aromatic ring is 1. The summed E-state index contributed by atoms with van der Waals surface area (Å²) in [5.74, 6) is -3.39. The number of nitrogens with zero attached hydrogens (tertiary/aromatic N) is 1. The first kappa shape index (κ1) is 35.7. The maximum atomic E-state index is 13.2. The number of carbonyl (C=O) groups excluding carboxylic acids is 5. The van der Waals surface area contributed by atoms with E-state index in [0.717, 1.165) is 0 Å². The molecule has 50 heavy (non-hydrogen) atoms. The number of amides is 4. The Labute approximate surface area is 286 Å². The fraction of sp³-hybridized carbons (Fsp3) is 0.111. The summed E-state index contributed by atoms with van der Waals surface area (Å²) in [7, 11) is 1.32. The van der Waals surface area contributed by atoms with Crippen molar-refractivity contribution in [2.24, 2.45) is 0 Å². The summed E-state index contributed by atoms with van der Waals surface area (Å²) in [6.45, 7) is 3.59. The zero-order valence-corrected chi connectivity index (χ0v) is 26.7. The summed E-state index contributed by atoms with van der Waals surface area (Å²) in [5.41, 5.74) is 9.31. The maximum Gasteiger partial charge on any atom is 0.362 e. The first-order valence-electron chi connectivity index (χ1n) is 14.9. The van der Waals surface area contributed by atoms with Gasteiger partial charge in [0.05, 0.1) is 36.4 Å². The predicted molar refractivity (Wildman–Crippen MR) is 183 cm³/mol. The third-order valence-corrected chi connectivity index (χ3v) is 6.91. The van der Waals surface area contributed by atoms with Crippen molar-refractivity contribution in [3.63, 3.8) is 0 Å². The highest BCUT2D eigenvalue weighted by molar-refractivity contribution is 6.07. The smallest absolute Gasteiger partial charge is 0.362 e. The van der Waals surface area contributed by atoms with Crippen LogP contribution in [-0.2, 0) is 9.63 Å². The Kier molecular flexibility index (Phi) is 12.2. The lowest BCUT2D eigenvalue weighted by atomic mass is 10.1. The summed E-state index contributed by atoms with van der Waals surface area (Å²) in [6.07, 6.45) is 1.16. The van der Waals surface area contributed by atoms with Gasteiger partial charge in [0.1, 0.15) is 12.6 Å². The SMILES string of the molecule is C=CCOc1c(C(=O)NOC(=O)c2ccccc2)ccc(NC(=O)c2ccc(NC(=O)C(CC#N)NC(=O)c3ccc(N)cc3)cc2)c1OC. The third kappa shape index (κ3) is 9.23. The van der Waals surface area contributed by atoms with E-state index in [2.05, 4.69) is 28.0 Å². The minimum absolute atomic E-state index is 0.00988. The van der Waals surface area contributed by atoms with Gasteiger partial charge in [-0.05, 0) is 72.8 Å². The summed E-state index contributed by atoms with van der Waals surface area (Å²) in [5, 5.41) is 17.1. The lowest BCUT2D eigenvalue weighted by molar-refractivity contribution is -0.117. The molecule has 4 aromatic rings. The molecule has 0 fully saturated rings. The second kappa shape index (κ2) is 17.1. The van der Waals surface area contributed by atoms with Crippen LogP contribution in [0.4, 0.5) is 17.1 Å². The van der Waals surface area contributed by atoms with Gasteiger partial charge in [0, 0.05) is 22.5 Å². The summed E-state index contributed by atoms with van der Waals surface area (Å²) < 4.78 is 11.2. The number of hydroxylamine groups is 1. The standard InChI is InChI=1S/C36H32N6O8/c1-3-21-49-30-27(34(45)42-50-36(47)24-7-5-4-6-8-24)17-18-28(31(30)48-2)40-32(43)23-11-15-26(16-12-23)39-35(46)29(19-20-37)41-33(44)22-9-13-25(38)14-10-22/h3-18,29H,1,19,21,38H2,2H3,(H,39,46)(H,40,43)(H,41,44)(H,42,45). The Morgan fingerprint density at radius 3 is 2.12 bits per heavy atom. The molecular weight excluding hydrogens is 644 g/mol. The van der Waals surface area contributed by atoms with Crippen molar-refractivity contribution < 1.29 is 38.3 Å². The van der Waals surface area contributed by atoms with Crippen molar-refractivity contribution in [1.82, 2.24) is 10.8 Å². The molecule has 254 valence electrons. The third-order valence-electron chi connectivity index (χ3n) is 6.91. The largest absolute Gasteiger partial charge is 0.491 e. The fourth-order valence-electron chi connectivity index (χ4n) is 4.41. The van der Waals surface area contributed by atoms with Gasteiger partial charge in [0.25, 0.3) is 17.7 Å². The summed E-state index contributed by atoms with van der Waals surface area (Å²) in [6, 6.07) is 23.5. The molecule has 0 aliphatic heterocycles. The van der Waals surface area contributed by atoms with Crippen LogP contribution >= 0.6 is 0 Å². The monoisotopic (exact) mass is 676 g/mol. The van der Waals surface area contributed by atoms with Crippen LogP contribution in [-0.4, -0.2) is 49.4 Å². The molecule has 1 atom stereocenters. The lowest BCUT2D eigenvalue weighted by Crippen LogP contribution is -2.43. The fourth-order valence-corrected chi connectivity index (χ4v) is 4.41. The molecule has 1 unspecified atom stereocenters. The number of nitrogens with two attached hydrogens (primary N) is 1. The molecule has 4 aromatic carbocycles.